The van der Waals surface area contributed by atoms with Gasteiger partial charge >= 0.3 is 5.97 Å². The van der Waals surface area contributed by atoms with Gasteiger partial charge in [-0.25, -0.2) is 4.79 Å². The van der Waals surface area contributed by atoms with E-state index >= 15 is 0 Å². The molecule has 1 aromatic carbocycles. The minimum atomic E-state index is -0.968. The molecule has 0 saturated carbocycles. The molecule has 0 bridgehead atoms. The van der Waals surface area contributed by atoms with Crippen molar-refractivity contribution in [1.82, 2.24) is 4.57 Å². The van der Waals surface area contributed by atoms with Crippen LogP contribution in [0.4, 0.5) is 0 Å². The number of aliphatic carboxylic acids is 1. The van der Waals surface area contributed by atoms with Crippen molar-refractivity contribution in [3.05, 3.63) is 87.4 Å². The number of hydrogen-bond donors (Lipinski definition) is 1. The van der Waals surface area contributed by atoms with Crippen LogP contribution in [0.2, 0.25) is 0 Å². The SMILES string of the molecule is CCc1ccc(C(=O)c2cccn2C/C=C/c2ccc(CO[C@@H](C)C(=O)O)s2)cc1. The topological polar surface area (TPSA) is 68.5 Å². The van der Waals surface area contributed by atoms with Crippen LogP contribution in [0.5, 0.6) is 0 Å². The summed E-state index contributed by atoms with van der Waals surface area (Å²) in [7, 11) is 0. The maximum Gasteiger partial charge on any atom is 0.332 e. The van der Waals surface area contributed by atoms with Crippen LogP contribution in [0.25, 0.3) is 6.08 Å². The molecule has 156 valence electrons. The number of benzene rings is 1. The smallest absolute Gasteiger partial charge is 0.332 e. The summed E-state index contributed by atoms with van der Waals surface area (Å²) in [6, 6.07) is 15.4. The Morgan fingerprint density at radius 1 is 1.17 bits per heavy atom. The number of allylic oxidation sites excluding steroid dienone is 1. The molecule has 0 saturated heterocycles. The summed E-state index contributed by atoms with van der Waals surface area (Å²) < 4.78 is 7.24. The van der Waals surface area contributed by atoms with Crippen molar-refractivity contribution in [3.8, 4) is 0 Å². The summed E-state index contributed by atoms with van der Waals surface area (Å²) in [5.41, 5.74) is 2.56. The van der Waals surface area contributed by atoms with Crippen LogP contribution in [0, 0.1) is 0 Å². The molecule has 0 unspecified atom stereocenters. The maximum absolute atomic E-state index is 12.8. The average molecular weight is 424 g/mol. The molecule has 3 rings (SSSR count). The van der Waals surface area contributed by atoms with Gasteiger partial charge in [0.1, 0.15) is 0 Å². The number of ether oxygens (including phenoxy) is 1. The molecule has 3 aromatic rings. The van der Waals surface area contributed by atoms with E-state index in [-0.39, 0.29) is 12.4 Å². The van der Waals surface area contributed by atoms with E-state index in [0.29, 0.717) is 17.8 Å². The molecule has 0 amide bonds. The Labute approximate surface area is 180 Å². The van der Waals surface area contributed by atoms with Crippen LogP contribution in [0.3, 0.4) is 0 Å². The molecule has 0 aliphatic rings. The van der Waals surface area contributed by atoms with E-state index in [9.17, 15) is 9.59 Å². The van der Waals surface area contributed by atoms with E-state index in [1.165, 1.54) is 12.5 Å². The minimum Gasteiger partial charge on any atom is -0.479 e. The van der Waals surface area contributed by atoms with Gasteiger partial charge < -0.3 is 14.4 Å². The number of carboxylic acids is 1. The van der Waals surface area contributed by atoms with E-state index in [1.54, 1.807) is 11.3 Å². The fourth-order valence-corrected chi connectivity index (χ4v) is 3.81. The number of carboxylic acid groups (broad SMARTS) is 1. The van der Waals surface area contributed by atoms with Crippen LogP contribution in [0.1, 0.15) is 45.2 Å². The van der Waals surface area contributed by atoms with Gasteiger partial charge in [0.25, 0.3) is 0 Å². The zero-order chi connectivity index (χ0) is 21.5. The van der Waals surface area contributed by atoms with E-state index < -0.39 is 12.1 Å². The first-order valence-electron chi connectivity index (χ1n) is 9.86. The summed E-state index contributed by atoms with van der Waals surface area (Å²) in [6.07, 6.45) is 6.03. The number of hydrogen-bond acceptors (Lipinski definition) is 4. The fraction of sp³-hybridized carbons (Fsp3) is 0.250. The molecule has 0 radical (unpaired) electrons. The Hall–Kier alpha value is -2.96. The van der Waals surface area contributed by atoms with E-state index in [0.717, 1.165) is 16.2 Å². The largest absolute Gasteiger partial charge is 0.479 e. The third kappa shape index (κ3) is 5.55. The van der Waals surface area contributed by atoms with Crippen LogP contribution in [-0.4, -0.2) is 27.5 Å². The highest BCUT2D eigenvalue weighted by Gasteiger charge is 2.13. The van der Waals surface area contributed by atoms with Crippen LogP contribution < -0.4 is 0 Å². The van der Waals surface area contributed by atoms with Crippen molar-refractivity contribution < 1.29 is 19.4 Å². The van der Waals surface area contributed by atoms with Gasteiger partial charge in [-0.2, -0.15) is 0 Å². The quantitative estimate of drug-likeness (QED) is 0.464. The van der Waals surface area contributed by atoms with E-state index in [2.05, 4.69) is 6.92 Å². The third-order valence-corrected chi connectivity index (χ3v) is 5.80. The van der Waals surface area contributed by atoms with Gasteiger partial charge in [0, 0.05) is 28.1 Å². The Kier molecular flexibility index (Phi) is 7.38. The highest BCUT2D eigenvalue weighted by molar-refractivity contribution is 7.12. The number of rotatable bonds is 10. The lowest BCUT2D eigenvalue weighted by atomic mass is 10.0. The number of carbonyl (C=O) groups excluding carboxylic acids is 1. The van der Waals surface area contributed by atoms with Crippen LogP contribution in [0.15, 0.2) is 60.8 Å². The molecule has 0 fully saturated rings. The Morgan fingerprint density at radius 3 is 2.63 bits per heavy atom. The molecule has 30 heavy (non-hydrogen) atoms. The standard InChI is InChI=1S/C24H25NO4S/c1-3-18-8-10-19(11-9-18)23(26)22-7-5-15-25(22)14-4-6-20-12-13-21(30-20)16-29-17(2)24(27)28/h4-13,15,17H,3,14,16H2,1-2H3,(H,27,28)/b6-4+/t17-/m0/s1. The number of carbonyl (C=O) groups is 2. The van der Waals surface area contributed by atoms with Gasteiger partial charge in [-0.3, -0.25) is 4.79 Å². The summed E-state index contributed by atoms with van der Waals surface area (Å²) in [5.74, 6) is -0.954. The normalized spacial score (nSPS) is 12.3. The van der Waals surface area contributed by atoms with E-state index in [1.807, 2.05) is 71.4 Å². The summed E-state index contributed by atoms with van der Waals surface area (Å²) in [4.78, 5) is 25.7. The van der Waals surface area contributed by atoms with Gasteiger partial charge in [0.15, 0.2) is 6.10 Å². The van der Waals surface area contributed by atoms with Crippen molar-refractivity contribution in [2.45, 2.75) is 39.5 Å². The minimum absolute atomic E-state index is 0.0131. The fourth-order valence-electron chi connectivity index (χ4n) is 2.94. The number of aromatic nitrogens is 1. The molecule has 6 heteroatoms. The second-order valence-corrected chi connectivity index (χ2v) is 8.12. The Morgan fingerprint density at radius 2 is 1.93 bits per heavy atom. The van der Waals surface area contributed by atoms with Gasteiger partial charge in [0.05, 0.1) is 12.3 Å². The van der Waals surface area contributed by atoms with Crippen LogP contribution >= 0.6 is 11.3 Å². The number of aryl methyl sites for hydroxylation is 1. The molecule has 1 atom stereocenters. The van der Waals surface area contributed by atoms with Crippen molar-refractivity contribution >= 4 is 29.2 Å². The lowest BCUT2D eigenvalue weighted by Gasteiger charge is -2.07. The summed E-state index contributed by atoms with van der Waals surface area (Å²) in [6.45, 7) is 4.47. The predicted molar refractivity (Wildman–Crippen MR) is 119 cm³/mol. The van der Waals surface area contributed by atoms with Gasteiger partial charge in [-0.05, 0) is 49.2 Å². The predicted octanol–water partition coefficient (Wildman–Crippen LogP) is 5.05. The molecule has 5 nitrogen and oxygen atoms in total. The molecule has 2 heterocycles. The van der Waals surface area contributed by atoms with Crippen molar-refractivity contribution in [2.75, 3.05) is 0 Å². The maximum atomic E-state index is 12.8. The van der Waals surface area contributed by atoms with Gasteiger partial charge in [-0.15, -0.1) is 11.3 Å². The summed E-state index contributed by atoms with van der Waals surface area (Å²) >= 11 is 1.55. The highest BCUT2D eigenvalue weighted by atomic mass is 32.1. The first-order valence-corrected chi connectivity index (χ1v) is 10.7. The molecule has 1 N–H and O–H groups in total. The highest BCUT2D eigenvalue weighted by Crippen LogP contribution is 2.20. The third-order valence-electron chi connectivity index (χ3n) is 4.78. The van der Waals surface area contributed by atoms with E-state index in [4.69, 9.17) is 9.84 Å². The number of thiophene rings is 1. The molecule has 2 aromatic heterocycles. The lowest BCUT2D eigenvalue weighted by Crippen LogP contribution is -2.19. The zero-order valence-corrected chi connectivity index (χ0v) is 17.9. The van der Waals surface area contributed by atoms with Crippen LogP contribution in [-0.2, 0) is 29.1 Å². The van der Waals surface area contributed by atoms with Crippen molar-refractivity contribution in [3.63, 3.8) is 0 Å². The first-order chi connectivity index (χ1) is 14.5. The van der Waals surface area contributed by atoms with Crippen molar-refractivity contribution in [2.24, 2.45) is 0 Å². The Bertz CT molecular complexity index is 1030. The molecular weight excluding hydrogens is 398 g/mol. The summed E-state index contributed by atoms with van der Waals surface area (Å²) in [5, 5.41) is 8.87. The average Bonchev–Trinajstić information content (AvgIpc) is 3.41. The number of nitrogens with zero attached hydrogens (tertiary/aromatic N) is 1. The van der Waals surface area contributed by atoms with Gasteiger partial charge in [-0.1, -0.05) is 37.3 Å². The number of ketones is 1. The molecule has 0 aliphatic carbocycles. The Balaban J connectivity index is 1.60. The monoisotopic (exact) mass is 423 g/mol. The zero-order valence-electron chi connectivity index (χ0n) is 17.1. The second kappa shape index (κ2) is 10.2. The molecule has 0 spiro atoms. The molecular formula is C24H25NO4S. The molecule has 0 aliphatic heterocycles. The first kappa shape index (κ1) is 21.7. The van der Waals surface area contributed by atoms with Crippen molar-refractivity contribution in [1.29, 1.82) is 0 Å². The lowest BCUT2D eigenvalue weighted by molar-refractivity contribution is -0.149. The second-order valence-electron chi connectivity index (χ2n) is 6.92. The van der Waals surface area contributed by atoms with Gasteiger partial charge in [0.2, 0.25) is 5.78 Å².